The number of rotatable bonds is 3. The van der Waals surface area contributed by atoms with Gasteiger partial charge in [-0.3, -0.25) is 9.69 Å². The zero-order valence-corrected chi connectivity index (χ0v) is 10.9. The van der Waals surface area contributed by atoms with Crippen LogP contribution in [-0.4, -0.2) is 23.4 Å². The van der Waals surface area contributed by atoms with Crippen LogP contribution >= 0.6 is 0 Å². The Bertz CT molecular complexity index is 559. The fourth-order valence-corrected chi connectivity index (χ4v) is 2.14. The fraction of sp³-hybridized carbons (Fsp3) is 0.357. The molecule has 1 fully saturated rings. The minimum absolute atomic E-state index is 0.128. The summed E-state index contributed by atoms with van der Waals surface area (Å²) in [6.45, 7) is 3.77. The van der Waals surface area contributed by atoms with Crippen molar-refractivity contribution in [3.8, 4) is 6.07 Å². The molecule has 0 bridgehead atoms. The molecular formula is C14H15N3O2. The van der Waals surface area contributed by atoms with Gasteiger partial charge in [0.1, 0.15) is 5.54 Å². The maximum atomic E-state index is 12.4. The van der Waals surface area contributed by atoms with E-state index in [0.29, 0.717) is 0 Å². The monoisotopic (exact) mass is 257 g/mol. The number of urea groups is 1. The van der Waals surface area contributed by atoms with Crippen molar-refractivity contribution in [1.82, 2.24) is 10.2 Å². The molecular weight excluding hydrogens is 242 g/mol. The van der Waals surface area contributed by atoms with Crippen molar-refractivity contribution in [3.05, 3.63) is 35.4 Å². The van der Waals surface area contributed by atoms with Crippen LogP contribution in [0.25, 0.3) is 0 Å². The average molecular weight is 257 g/mol. The number of nitriles is 1. The van der Waals surface area contributed by atoms with Gasteiger partial charge < -0.3 is 5.32 Å². The van der Waals surface area contributed by atoms with E-state index in [-0.39, 0.29) is 18.9 Å². The van der Waals surface area contributed by atoms with Crippen LogP contribution in [0.5, 0.6) is 0 Å². The highest BCUT2D eigenvalue weighted by Gasteiger charge is 2.48. The number of hydrogen-bond donors (Lipinski definition) is 1. The van der Waals surface area contributed by atoms with Crippen molar-refractivity contribution >= 4 is 11.9 Å². The third-order valence-electron chi connectivity index (χ3n) is 3.35. The number of hydrogen-bond acceptors (Lipinski definition) is 3. The predicted octanol–water partition coefficient (Wildman–Crippen LogP) is 1.68. The predicted molar refractivity (Wildman–Crippen MR) is 69.0 cm³/mol. The van der Waals surface area contributed by atoms with Gasteiger partial charge in [0.15, 0.2) is 0 Å². The third kappa shape index (κ3) is 2.17. The molecule has 19 heavy (non-hydrogen) atoms. The van der Waals surface area contributed by atoms with E-state index >= 15 is 0 Å². The summed E-state index contributed by atoms with van der Waals surface area (Å²) in [5, 5.41) is 11.3. The first kappa shape index (κ1) is 13.1. The zero-order chi connectivity index (χ0) is 14.0. The molecule has 0 aromatic heterocycles. The molecule has 0 spiro atoms. The van der Waals surface area contributed by atoms with Crippen molar-refractivity contribution in [2.45, 2.75) is 25.8 Å². The van der Waals surface area contributed by atoms with Crippen LogP contribution in [-0.2, 0) is 10.3 Å². The van der Waals surface area contributed by atoms with Gasteiger partial charge in [0.25, 0.3) is 5.91 Å². The van der Waals surface area contributed by atoms with E-state index in [1.165, 1.54) is 0 Å². The summed E-state index contributed by atoms with van der Waals surface area (Å²) in [6.07, 6.45) is 0.142. The summed E-state index contributed by atoms with van der Waals surface area (Å²) in [7, 11) is 0. The minimum Gasteiger partial charge on any atom is -0.319 e. The molecule has 1 unspecified atom stereocenters. The Morgan fingerprint density at radius 3 is 2.53 bits per heavy atom. The van der Waals surface area contributed by atoms with E-state index in [4.69, 9.17) is 5.26 Å². The Labute approximate surface area is 111 Å². The summed E-state index contributed by atoms with van der Waals surface area (Å²) < 4.78 is 0. The lowest BCUT2D eigenvalue weighted by Gasteiger charge is -2.22. The highest BCUT2D eigenvalue weighted by molar-refractivity contribution is 6.07. The summed E-state index contributed by atoms with van der Waals surface area (Å²) in [5.41, 5.74) is 0.793. The van der Waals surface area contributed by atoms with Gasteiger partial charge >= 0.3 is 6.03 Å². The molecule has 1 saturated heterocycles. The molecule has 1 atom stereocenters. The summed E-state index contributed by atoms with van der Waals surface area (Å²) in [5.74, 6) is -0.309. The summed E-state index contributed by atoms with van der Waals surface area (Å²) >= 11 is 0. The molecule has 0 saturated carbocycles. The Hall–Kier alpha value is -2.35. The van der Waals surface area contributed by atoms with E-state index in [0.717, 1.165) is 16.0 Å². The number of imide groups is 1. The third-order valence-corrected chi connectivity index (χ3v) is 3.35. The molecule has 0 aliphatic carbocycles. The van der Waals surface area contributed by atoms with Crippen LogP contribution in [0.3, 0.4) is 0 Å². The van der Waals surface area contributed by atoms with E-state index in [1.807, 2.05) is 37.3 Å². The van der Waals surface area contributed by atoms with Gasteiger partial charge in [-0.25, -0.2) is 4.79 Å². The topological polar surface area (TPSA) is 73.2 Å². The zero-order valence-electron chi connectivity index (χ0n) is 10.9. The maximum absolute atomic E-state index is 12.4. The van der Waals surface area contributed by atoms with Crippen LogP contribution in [0.2, 0.25) is 0 Å². The van der Waals surface area contributed by atoms with E-state index < -0.39 is 11.6 Å². The van der Waals surface area contributed by atoms with Gasteiger partial charge in [-0.05, 0) is 19.4 Å². The molecule has 1 heterocycles. The van der Waals surface area contributed by atoms with Gasteiger partial charge in [-0.15, -0.1) is 0 Å². The van der Waals surface area contributed by atoms with E-state index in [1.54, 1.807) is 6.92 Å². The lowest BCUT2D eigenvalue weighted by atomic mass is 9.91. The second-order valence-electron chi connectivity index (χ2n) is 4.79. The maximum Gasteiger partial charge on any atom is 0.325 e. The van der Waals surface area contributed by atoms with Gasteiger partial charge in [0.05, 0.1) is 12.5 Å². The Balaban J connectivity index is 2.30. The number of amides is 3. The molecule has 1 aliphatic rings. The van der Waals surface area contributed by atoms with Crippen LogP contribution in [0.15, 0.2) is 24.3 Å². The van der Waals surface area contributed by atoms with Crippen LogP contribution in [0, 0.1) is 18.3 Å². The van der Waals surface area contributed by atoms with Crippen LogP contribution in [0.4, 0.5) is 4.79 Å². The normalized spacial score (nSPS) is 22.3. The quantitative estimate of drug-likeness (QED) is 0.837. The SMILES string of the molecule is Cc1ccc(C2(C)NC(=O)N(CCC#N)C2=O)cc1. The minimum atomic E-state index is -1.04. The van der Waals surface area contributed by atoms with Crippen molar-refractivity contribution in [1.29, 1.82) is 5.26 Å². The van der Waals surface area contributed by atoms with Gasteiger partial charge in [-0.2, -0.15) is 5.26 Å². The molecule has 1 aromatic carbocycles. The lowest BCUT2D eigenvalue weighted by molar-refractivity contribution is -0.131. The first-order chi connectivity index (χ1) is 8.99. The summed E-state index contributed by atoms with van der Waals surface area (Å²) in [6, 6.07) is 8.97. The second-order valence-corrected chi connectivity index (χ2v) is 4.79. The van der Waals surface area contributed by atoms with Crippen molar-refractivity contribution < 1.29 is 9.59 Å². The fourth-order valence-electron chi connectivity index (χ4n) is 2.14. The molecule has 0 radical (unpaired) electrons. The molecule has 3 amide bonds. The molecule has 1 aromatic rings. The number of nitrogens with zero attached hydrogens (tertiary/aromatic N) is 2. The first-order valence-corrected chi connectivity index (χ1v) is 6.07. The Morgan fingerprint density at radius 1 is 1.32 bits per heavy atom. The Morgan fingerprint density at radius 2 is 1.95 bits per heavy atom. The average Bonchev–Trinajstić information content (AvgIpc) is 2.60. The number of nitrogens with one attached hydrogen (secondary N) is 1. The van der Waals surface area contributed by atoms with Crippen molar-refractivity contribution in [3.63, 3.8) is 0 Å². The number of benzene rings is 1. The first-order valence-electron chi connectivity index (χ1n) is 6.07. The second kappa shape index (κ2) is 4.73. The van der Waals surface area contributed by atoms with Crippen LogP contribution < -0.4 is 5.32 Å². The van der Waals surface area contributed by atoms with E-state index in [9.17, 15) is 9.59 Å². The van der Waals surface area contributed by atoms with E-state index in [2.05, 4.69) is 5.32 Å². The molecule has 5 nitrogen and oxygen atoms in total. The smallest absolute Gasteiger partial charge is 0.319 e. The van der Waals surface area contributed by atoms with Gasteiger partial charge in [0.2, 0.25) is 0 Å². The highest BCUT2D eigenvalue weighted by atomic mass is 16.2. The largest absolute Gasteiger partial charge is 0.325 e. The van der Waals surface area contributed by atoms with Gasteiger partial charge in [0, 0.05) is 6.54 Å². The van der Waals surface area contributed by atoms with Crippen molar-refractivity contribution in [2.24, 2.45) is 0 Å². The summed E-state index contributed by atoms with van der Waals surface area (Å²) in [4.78, 5) is 25.3. The molecule has 1 aliphatic heterocycles. The highest BCUT2D eigenvalue weighted by Crippen LogP contribution is 2.28. The molecule has 5 heteroatoms. The van der Waals surface area contributed by atoms with Crippen molar-refractivity contribution in [2.75, 3.05) is 6.54 Å². The lowest BCUT2D eigenvalue weighted by Crippen LogP contribution is -2.40. The molecule has 98 valence electrons. The standard InChI is InChI=1S/C14H15N3O2/c1-10-4-6-11(7-5-10)14(2)12(18)17(9-3-8-15)13(19)16-14/h4-7H,3,9H2,1-2H3,(H,16,19). The van der Waals surface area contributed by atoms with Gasteiger partial charge in [-0.1, -0.05) is 29.8 Å². The molecule has 1 N–H and O–H groups in total. The van der Waals surface area contributed by atoms with Crippen LogP contribution in [0.1, 0.15) is 24.5 Å². The Kier molecular flexibility index (Phi) is 3.26. The number of carbonyl (C=O) groups excluding carboxylic acids is 2. The number of carbonyl (C=O) groups is 2. The molecule has 2 rings (SSSR count). The number of aryl methyl sites for hydroxylation is 1.